The molecule has 3 aromatic carbocycles. The Labute approximate surface area is 215 Å². The van der Waals surface area contributed by atoms with E-state index < -0.39 is 36.7 Å². The largest absolute Gasteiger partial charge is 0.508 e. The molecule has 1 unspecified atom stereocenters. The molecule has 5 rings (SSSR count). The van der Waals surface area contributed by atoms with Gasteiger partial charge in [-0.05, 0) is 106 Å². The van der Waals surface area contributed by atoms with Crippen LogP contribution in [0.2, 0.25) is 0 Å². The first-order valence-electron chi connectivity index (χ1n) is 11.0. The zero-order valence-corrected chi connectivity index (χ0v) is 22.2. The standard InChI is InChI=1S/C26H23BrO6S2/c1-14-11-16(28)7-9-18(14)24-22-13-23(35(31,32)33-21-6-4-3-5-20(21)27)26(34(22)30)25(24)19-10-8-17(29)12-15(19)2/h3-12,22-23,26,28-29H,13H2,1-2H3/t22-,23-,26+,34?/m0/s1. The highest BCUT2D eigenvalue weighted by Gasteiger charge is 2.58. The highest BCUT2D eigenvalue weighted by Crippen LogP contribution is 2.54. The molecule has 0 aromatic heterocycles. The summed E-state index contributed by atoms with van der Waals surface area (Å²) in [7, 11) is -5.63. The van der Waals surface area contributed by atoms with E-state index >= 15 is 0 Å². The van der Waals surface area contributed by atoms with E-state index in [2.05, 4.69) is 15.9 Å². The van der Waals surface area contributed by atoms with Crippen molar-refractivity contribution in [3.05, 3.63) is 87.4 Å². The summed E-state index contributed by atoms with van der Waals surface area (Å²) in [6, 6.07) is 16.6. The third kappa shape index (κ3) is 4.09. The van der Waals surface area contributed by atoms with Crippen LogP contribution >= 0.6 is 15.9 Å². The van der Waals surface area contributed by atoms with Gasteiger partial charge in [0, 0.05) is 10.8 Å². The van der Waals surface area contributed by atoms with E-state index in [-0.39, 0.29) is 23.7 Å². The summed E-state index contributed by atoms with van der Waals surface area (Å²) in [5.74, 6) is 0.405. The third-order valence-electron chi connectivity index (χ3n) is 6.63. The number of rotatable bonds is 5. The van der Waals surface area contributed by atoms with E-state index in [1.54, 1.807) is 60.7 Å². The Morgan fingerprint density at radius 1 is 0.914 bits per heavy atom. The van der Waals surface area contributed by atoms with E-state index in [4.69, 9.17) is 4.18 Å². The molecule has 1 fully saturated rings. The Bertz CT molecular complexity index is 1510. The van der Waals surface area contributed by atoms with Crippen molar-refractivity contribution < 1.29 is 27.0 Å². The van der Waals surface area contributed by atoms with Crippen molar-refractivity contribution in [2.24, 2.45) is 0 Å². The number of aromatic hydroxyl groups is 2. The molecule has 2 heterocycles. The van der Waals surface area contributed by atoms with Crippen LogP contribution in [0.5, 0.6) is 17.2 Å². The highest BCUT2D eigenvalue weighted by molar-refractivity contribution is 9.10. The van der Waals surface area contributed by atoms with E-state index in [1.165, 1.54) is 0 Å². The predicted octanol–water partition coefficient (Wildman–Crippen LogP) is 5.07. The van der Waals surface area contributed by atoms with Crippen molar-refractivity contribution in [3.63, 3.8) is 0 Å². The summed E-state index contributed by atoms with van der Waals surface area (Å²) in [6.07, 6.45) is 0.167. The number of aryl methyl sites for hydroxylation is 2. The lowest BCUT2D eigenvalue weighted by Crippen LogP contribution is -2.36. The van der Waals surface area contributed by atoms with Gasteiger partial charge in [0.1, 0.15) is 16.7 Å². The first-order valence-corrected chi connectivity index (χ1v) is 14.5. The Hall–Kier alpha value is -2.62. The lowest BCUT2D eigenvalue weighted by Gasteiger charge is -2.27. The summed E-state index contributed by atoms with van der Waals surface area (Å²) >= 11 is 3.33. The SMILES string of the molecule is Cc1cc(O)ccc1C1=C(c2ccc(O)cc2C)[C@H]2[C@@H](S(=O)(=O)Oc3ccccc3Br)C[C@@H]1S2=O. The fraction of sp³-hybridized carbons (Fsp3) is 0.231. The minimum atomic E-state index is -4.13. The maximum atomic E-state index is 13.7. The van der Waals surface area contributed by atoms with E-state index in [0.717, 1.165) is 27.8 Å². The smallest absolute Gasteiger partial charge is 0.313 e. The van der Waals surface area contributed by atoms with Crippen LogP contribution in [0, 0.1) is 13.8 Å². The summed E-state index contributed by atoms with van der Waals surface area (Å²) in [5.41, 5.74) is 4.64. The molecule has 0 radical (unpaired) electrons. The molecule has 1 saturated heterocycles. The molecule has 2 bridgehead atoms. The molecule has 0 amide bonds. The van der Waals surface area contributed by atoms with Crippen molar-refractivity contribution in [2.45, 2.75) is 36.0 Å². The maximum Gasteiger partial charge on any atom is 0.313 e. The number of phenolic OH excluding ortho intramolecular Hbond substituents is 2. The molecule has 3 aromatic rings. The van der Waals surface area contributed by atoms with Crippen LogP contribution in [-0.2, 0) is 20.9 Å². The van der Waals surface area contributed by atoms with Gasteiger partial charge in [0.25, 0.3) is 0 Å². The number of para-hydroxylation sites is 1. The number of phenols is 2. The molecule has 9 heteroatoms. The molecule has 182 valence electrons. The van der Waals surface area contributed by atoms with E-state index in [9.17, 15) is 22.8 Å². The van der Waals surface area contributed by atoms with Gasteiger partial charge in [0.2, 0.25) is 0 Å². The van der Waals surface area contributed by atoms with Crippen LogP contribution in [0.3, 0.4) is 0 Å². The normalized spacial score (nSPS) is 23.6. The van der Waals surface area contributed by atoms with Crippen LogP contribution in [0.15, 0.2) is 65.1 Å². The number of benzene rings is 3. The molecular weight excluding hydrogens is 552 g/mol. The predicted molar refractivity (Wildman–Crippen MR) is 140 cm³/mol. The van der Waals surface area contributed by atoms with Gasteiger partial charge in [-0.1, -0.05) is 24.3 Å². The summed E-state index contributed by atoms with van der Waals surface area (Å²) < 4.78 is 46.7. The molecule has 4 atom stereocenters. The molecule has 0 aliphatic carbocycles. The Kier molecular flexibility index (Phi) is 6.05. The van der Waals surface area contributed by atoms with Gasteiger partial charge >= 0.3 is 10.1 Å². The zero-order valence-electron chi connectivity index (χ0n) is 18.9. The molecule has 2 aliphatic heterocycles. The first-order chi connectivity index (χ1) is 16.6. The maximum absolute atomic E-state index is 13.7. The summed E-state index contributed by atoms with van der Waals surface area (Å²) in [5, 5.41) is 17.6. The fourth-order valence-corrected chi connectivity index (χ4v) is 9.96. The number of hydrogen-bond donors (Lipinski definition) is 2. The van der Waals surface area contributed by atoms with Gasteiger partial charge in [-0.3, -0.25) is 4.21 Å². The lowest BCUT2D eigenvalue weighted by molar-refractivity contribution is 0.468. The third-order valence-corrected chi connectivity index (χ3v) is 11.1. The molecular formula is C26H23BrO6S2. The highest BCUT2D eigenvalue weighted by atomic mass is 79.9. The summed E-state index contributed by atoms with van der Waals surface area (Å²) in [6.45, 7) is 3.70. The molecule has 0 spiro atoms. The van der Waals surface area contributed by atoms with Crippen molar-refractivity contribution in [1.82, 2.24) is 0 Å². The van der Waals surface area contributed by atoms with E-state index in [0.29, 0.717) is 10.0 Å². The van der Waals surface area contributed by atoms with Gasteiger partial charge < -0.3 is 14.4 Å². The molecule has 35 heavy (non-hydrogen) atoms. The van der Waals surface area contributed by atoms with Crippen molar-refractivity contribution in [2.75, 3.05) is 0 Å². The average molecular weight is 576 g/mol. The monoisotopic (exact) mass is 574 g/mol. The quantitative estimate of drug-likeness (QED) is 0.413. The van der Waals surface area contributed by atoms with Crippen LogP contribution in [0.25, 0.3) is 11.1 Å². The second kappa shape index (κ2) is 8.80. The number of hydrogen-bond acceptors (Lipinski definition) is 6. The molecule has 6 nitrogen and oxygen atoms in total. The van der Waals surface area contributed by atoms with Crippen molar-refractivity contribution in [3.8, 4) is 17.2 Å². The molecule has 2 N–H and O–H groups in total. The van der Waals surface area contributed by atoms with Crippen molar-refractivity contribution in [1.29, 1.82) is 0 Å². The second-order valence-corrected chi connectivity index (χ2v) is 13.2. The number of fused-ring (bicyclic) bond motifs is 2. The number of halogens is 1. The Morgan fingerprint density at radius 3 is 2.06 bits per heavy atom. The minimum Gasteiger partial charge on any atom is -0.508 e. The Balaban J connectivity index is 1.68. The van der Waals surface area contributed by atoms with Crippen LogP contribution in [-0.4, -0.2) is 38.6 Å². The van der Waals surface area contributed by atoms with Crippen LogP contribution in [0.1, 0.15) is 28.7 Å². The topological polar surface area (TPSA) is 101 Å². The average Bonchev–Trinajstić information content (AvgIpc) is 3.26. The van der Waals surface area contributed by atoms with Crippen LogP contribution < -0.4 is 4.18 Å². The van der Waals surface area contributed by atoms with Crippen LogP contribution in [0.4, 0.5) is 0 Å². The van der Waals surface area contributed by atoms with Crippen molar-refractivity contribution >= 4 is 48.0 Å². The fourth-order valence-electron chi connectivity index (χ4n) is 5.10. The van der Waals surface area contributed by atoms with Gasteiger partial charge in [-0.25, -0.2) is 0 Å². The minimum absolute atomic E-state index is 0.0972. The summed E-state index contributed by atoms with van der Waals surface area (Å²) in [4.78, 5) is 0. The molecule has 2 aliphatic rings. The van der Waals surface area contributed by atoms with Gasteiger partial charge in [0.05, 0.1) is 15.0 Å². The van der Waals surface area contributed by atoms with Gasteiger partial charge in [-0.15, -0.1) is 0 Å². The molecule has 0 saturated carbocycles. The van der Waals surface area contributed by atoms with Gasteiger partial charge in [0.15, 0.2) is 5.75 Å². The lowest BCUT2D eigenvalue weighted by atomic mass is 9.81. The second-order valence-electron chi connectivity index (χ2n) is 8.84. The Morgan fingerprint density at radius 2 is 1.49 bits per heavy atom. The zero-order chi connectivity index (χ0) is 25.1. The van der Waals surface area contributed by atoms with Gasteiger partial charge in [-0.2, -0.15) is 8.42 Å². The first kappa shape index (κ1) is 24.1. The van der Waals surface area contributed by atoms with E-state index in [1.807, 2.05) is 13.8 Å².